The van der Waals surface area contributed by atoms with Gasteiger partial charge in [0, 0.05) is 10.9 Å². The van der Waals surface area contributed by atoms with Crippen LogP contribution in [-0.4, -0.2) is 44.0 Å². The summed E-state index contributed by atoms with van der Waals surface area (Å²) >= 11 is 2.73. The van der Waals surface area contributed by atoms with E-state index >= 15 is 0 Å². The average molecular weight is 388 g/mol. The van der Waals surface area contributed by atoms with Crippen LogP contribution in [0.4, 0.5) is 5.13 Å². The van der Waals surface area contributed by atoms with E-state index in [1.165, 1.54) is 23.1 Å². The molecule has 0 unspecified atom stereocenters. The number of benzene rings is 1. The molecule has 1 amide bonds. The van der Waals surface area contributed by atoms with Gasteiger partial charge in [0.25, 0.3) is 0 Å². The van der Waals surface area contributed by atoms with Crippen molar-refractivity contribution in [1.29, 1.82) is 0 Å². The lowest BCUT2D eigenvalue weighted by Crippen LogP contribution is -2.14. The van der Waals surface area contributed by atoms with Crippen LogP contribution in [0.1, 0.15) is 18.9 Å². The molecule has 1 fully saturated rings. The molecule has 2 heterocycles. The van der Waals surface area contributed by atoms with Gasteiger partial charge in [0.1, 0.15) is 5.75 Å². The first kappa shape index (κ1) is 17.0. The molecule has 1 N–H and O–H groups in total. The molecule has 1 saturated carbocycles. The number of methoxy groups -OCH3 is 1. The third-order valence-corrected chi connectivity index (χ3v) is 5.52. The second-order valence-corrected chi connectivity index (χ2v) is 7.54. The molecule has 1 aromatic carbocycles. The van der Waals surface area contributed by atoms with Gasteiger partial charge in [0.2, 0.25) is 11.1 Å². The second kappa shape index (κ2) is 7.42. The SMILES string of the molecule is COc1ccc(-c2csc(NC(=O)CSc3nnnn3C3CC3)n2)cc1. The largest absolute Gasteiger partial charge is 0.497 e. The summed E-state index contributed by atoms with van der Waals surface area (Å²) in [4.78, 5) is 16.6. The predicted octanol–water partition coefficient (Wildman–Crippen LogP) is 2.87. The highest BCUT2D eigenvalue weighted by Crippen LogP contribution is 2.36. The number of nitrogens with zero attached hydrogens (tertiary/aromatic N) is 5. The maximum atomic E-state index is 12.2. The van der Waals surface area contributed by atoms with Crippen LogP contribution in [0.5, 0.6) is 5.75 Å². The molecule has 0 aliphatic heterocycles. The number of carbonyl (C=O) groups excluding carboxylic acids is 1. The summed E-state index contributed by atoms with van der Waals surface area (Å²) in [5.74, 6) is 0.906. The highest BCUT2D eigenvalue weighted by atomic mass is 32.2. The first-order valence-electron chi connectivity index (χ1n) is 8.03. The molecule has 4 rings (SSSR count). The molecule has 0 atom stereocenters. The summed E-state index contributed by atoms with van der Waals surface area (Å²) in [6.45, 7) is 0. The fourth-order valence-corrected chi connectivity index (χ4v) is 3.82. The molecule has 0 bridgehead atoms. The number of thiazole rings is 1. The summed E-state index contributed by atoms with van der Waals surface area (Å²) in [7, 11) is 1.63. The normalized spacial score (nSPS) is 13.6. The zero-order valence-corrected chi connectivity index (χ0v) is 15.6. The van der Waals surface area contributed by atoms with Gasteiger partial charge in [-0.05, 0) is 47.5 Å². The van der Waals surface area contributed by atoms with Crippen molar-refractivity contribution < 1.29 is 9.53 Å². The van der Waals surface area contributed by atoms with Gasteiger partial charge in [-0.25, -0.2) is 9.67 Å². The standard InChI is InChI=1S/C16H16N6O2S2/c1-24-12-6-2-10(3-7-12)13-8-25-15(17-13)18-14(23)9-26-16-19-20-21-22(16)11-4-5-11/h2-3,6-8,11H,4-5,9H2,1H3,(H,17,18,23). The lowest BCUT2D eigenvalue weighted by molar-refractivity contribution is -0.113. The van der Waals surface area contributed by atoms with E-state index < -0.39 is 0 Å². The van der Waals surface area contributed by atoms with E-state index in [9.17, 15) is 4.79 Å². The van der Waals surface area contributed by atoms with Crippen LogP contribution in [0.25, 0.3) is 11.3 Å². The summed E-state index contributed by atoms with van der Waals surface area (Å²) in [6, 6.07) is 8.03. The van der Waals surface area contributed by atoms with E-state index in [2.05, 4.69) is 25.8 Å². The highest BCUT2D eigenvalue weighted by molar-refractivity contribution is 7.99. The number of aromatic nitrogens is 5. The number of thioether (sulfide) groups is 1. The molecule has 10 heteroatoms. The van der Waals surface area contributed by atoms with Crippen molar-refractivity contribution in [3.05, 3.63) is 29.6 Å². The van der Waals surface area contributed by atoms with Gasteiger partial charge in [-0.15, -0.1) is 16.4 Å². The van der Waals surface area contributed by atoms with E-state index in [1.807, 2.05) is 29.6 Å². The zero-order valence-electron chi connectivity index (χ0n) is 14.0. The molecule has 26 heavy (non-hydrogen) atoms. The van der Waals surface area contributed by atoms with Crippen LogP contribution in [0.3, 0.4) is 0 Å². The number of tetrazole rings is 1. The van der Waals surface area contributed by atoms with Gasteiger partial charge in [-0.2, -0.15) is 0 Å². The van der Waals surface area contributed by atoms with Gasteiger partial charge in [0.15, 0.2) is 5.13 Å². The van der Waals surface area contributed by atoms with Crippen molar-refractivity contribution in [3.8, 4) is 17.0 Å². The predicted molar refractivity (Wildman–Crippen MR) is 99.5 cm³/mol. The van der Waals surface area contributed by atoms with Crippen LogP contribution >= 0.6 is 23.1 Å². The molecule has 2 aromatic heterocycles. The Kier molecular flexibility index (Phi) is 4.85. The number of hydrogen-bond donors (Lipinski definition) is 1. The maximum absolute atomic E-state index is 12.2. The van der Waals surface area contributed by atoms with Crippen LogP contribution in [0, 0.1) is 0 Å². The topological polar surface area (TPSA) is 94.8 Å². The second-order valence-electron chi connectivity index (χ2n) is 5.74. The van der Waals surface area contributed by atoms with Crippen LogP contribution < -0.4 is 10.1 Å². The van der Waals surface area contributed by atoms with Crippen molar-refractivity contribution in [2.24, 2.45) is 0 Å². The molecule has 3 aromatic rings. The Labute approximate surface area is 158 Å². The fraction of sp³-hybridized carbons (Fsp3) is 0.312. The minimum Gasteiger partial charge on any atom is -0.497 e. The quantitative estimate of drug-likeness (QED) is 0.622. The summed E-state index contributed by atoms with van der Waals surface area (Å²) in [5, 5.41) is 17.6. The number of hydrogen-bond acceptors (Lipinski definition) is 8. The number of ether oxygens (including phenoxy) is 1. The number of carbonyl (C=O) groups is 1. The summed E-state index contributed by atoms with van der Waals surface area (Å²) in [6.07, 6.45) is 2.19. The van der Waals surface area contributed by atoms with Crippen molar-refractivity contribution in [3.63, 3.8) is 0 Å². The van der Waals surface area contributed by atoms with E-state index in [0.717, 1.165) is 29.8 Å². The molecule has 1 aliphatic rings. The molecule has 134 valence electrons. The summed E-state index contributed by atoms with van der Waals surface area (Å²) < 4.78 is 6.95. The molecular formula is C16H16N6O2S2. The number of anilines is 1. The van der Waals surface area contributed by atoms with Gasteiger partial charge >= 0.3 is 0 Å². The molecule has 1 aliphatic carbocycles. The van der Waals surface area contributed by atoms with Gasteiger partial charge in [-0.1, -0.05) is 11.8 Å². The molecule has 0 radical (unpaired) electrons. The number of nitrogens with one attached hydrogen (secondary N) is 1. The van der Waals surface area contributed by atoms with Crippen LogP contribution in [-0.2, 0) is 4.79 Å². The average Bonchev–Trinajstić information content (AvgIpc) is 3.22. The molecular weight excluding hydrogens is 372 g/mol. The third-order valence-electron chi connectivity index (χ3n) is 3.82. The smallest absolute Gasteiger partial charge is 0.236 e. The van der Waals surface area contributed by atoms with Crippen molar-refractivity contribution >= 4 is 34.1 Å². The maximum Gasteiger partial charge on any atom is 0.236 e. The van der Waals surface area contributed by atoms with E-state index in [4.69, 9.17) is 4.74 Å². The van der Waals surface area contributed by atoms with Crippen molar-refractivity contribution in [2.45, 2.75) is 24.0 Å². The summed E-state index contributed by atoms with van der Waals surface area (Å²) in [5.41, 5.74) is 1.79. The fourth-order valence-electron chi connectivity index (χ4n) is 2.34. The van der Waals surface area contributed by atoms with Gasteiger partial charge in [-0.3, -0.25) is 4.79 Å². The third kappa shape index (κ3) is 3.86. The van der Waals surface area contributed by atoms with E-state index in [-0.39, 0.29) is 11.7 Å². The number of rotatable bonds is 7. The Balaban J connectivity index is 1.34. The minimum absolute atomic E-state index is 0.129. The first-order valence-corrected chi connectivity index (χ1v) is 9.90. The lowest BCUT2D eigenvalue weighted by Gasteiger charge is -2.03. The number of amides is 1. The van der Waals surface area contributed by atoms with Gasteiger partial charge < -0.3 is 10.1 Å². The van der Waals surface area contributed by atoms with E-state index in [0.29, 0.717) is 16.3 Å². The van der Waals surface area contributed by atoms with Crippen LogP contribution in [0.15, 0.2) is 34.8 Å². The molecule has 0 spiro atoms. The Bertz CT molecular complexity index is 904. The van der Waals surface area contributed by atoms with Crippen molar-refractivity contribution in [1.82, 2.24) is 25.2 Å². The lowest BCUT2D eigenvalue weighted by atomic mass is 10.2. The Morgan fingerprint density at radius 3 is 2.92 bits per heavy atom. The Morgan fingerprint density at radius 1 is 1.38 bits per heavy atom. The Hall–Kier alpha value is -2.46. The molecule has 0 saturated heterocycles. The first-order chi connectivity index (χ1) is 12.7. The van der Waals surface area contributed by atoms with E-state index in [1.54, 1.807) is 11.8 Å². The van der Waals surface area contributed by atoms with Gasteiger partial charge in [0.05, 0.1) is 24.6 Å². The van der Waals surface area contributed by atoms with Crippen molar-refractivity contribution in [2.75, 3.05) is 18.2 Å². The minimum atomic E-state index is -0.129. The zero-order chi connectivity index (χ0) is 17.9. The monoisotopic (exact) mass is 388 g/mol. The molecule has 8 nitrogen and oxygen atoms in total. The van der Waals surface area contributed by atoms with Crippen LogP contribution in [0.2, 0.25) is 0 Å². The Morgan fingerprint density at radius 2 is 2.19 bits per heavy atom. The highest BCUT2D eigenvalue weighted by Gasteiger charge is 2.28.